The van der Waals surface area contributed by atoms with E-state index in [9.17, 15) is 18.0 Å². The van der Waals surface area contributed by atoms with Gasteiger partial charge in [-0.2, -0.15) is 9.57 Å². The molecule has 9 heteroatoms. The van der Waals surface area contributed by atoms with Gasteiger partial charge in [-0.15, -0.1) is 0 Å². The van der Waals surface area contributed by atoms with Crippen molar-refractivity contribution in [1.29, 1.82) is 5.26 Å². The predicted octanol–water partition coefficient (Wildman–Crippen LogP) is 1.02. The molecule has 124 valence electrons. The van der Waals surface area contributed by atoms with Crippen molar-refractivity contribution in [2.45, 2.75) is 31.2 Å². The molecule has 0 aliphatic carbocycles. The molecule has 1 atom stereocenters. The van der Waals surface area contributed by atoms with Crippen LogP contribution in [0.5, 0.6) is 0 Å². The van der Waals surface area contributed by atoms with Gasteiger partial charge in [0.25, 0.3) is 0 Å². The Morgan fingerprint density at radius 2 is 1.91 bits per heavy atom. The van der Waals surface area contributed by atoms with Crippen molar-refractivity contribution < 1.29 is 23.1 Å². The number of anilines is 1. The zero-order chi connectivity index (χ0) is 17.6. The second kappa shape index (κ2) is 7.71. The molecule has 0 saturated heterocycles. The van der Waals surface area contributed by atoms with Gasteiger partial charge in [0.1, 0.15) is 6.04 Å². The van der Waals surface area contributed by atoms with Crippen molar-refractivity contribution in [3.8, 4) is 6.07 Å². The van der Waals surface area contributed by atoms with Gasteiger partial charge < -0.3 is 10.4 Å². The number of carbonyl (C=O) groups excluding carboxylic acids is 1. The highest BCUT2D eigenvalue weighted by atomic mass is 32.2. The number of benzene rings is 1. The number of carboxylic acid groups (broad SMARTS) is 1. The molecule has 8 nitrogen and oxygen atoms in total. The maximum Gasteiger partial charge on any atom is 0.321 e. The van der Waals surface area contributed by atoms with Gasteiger partial charge in [0, 0.05) is 25.6 Å². The van der Waals surface area contributed by atoms with Crippen molar-refractivity contribution in [3.63, 3.8) is 0 Å². The number of sulfonamides is 1. The molecular formula is C14H17N3O5S. The van der Waals surface area contributed by atoms with Gasteiger partial charge in [0.05, 0.1) is 11.0 Å². The van der Waals surface area contributed by atoms with Crippen molar-refractivity contribution in [2.75, 3.05) is 11.9 Å². The van der Waals surface area contributed by atoms with Crippen LogP contribution in [0.1, 0.15) is 20.3 Å². The molecule has 0 aromatic heterocycles. The summed E-state index contributed by atoms with van der Waals surface area (Å²) in [5, 5.41) is 20.2. The molecule has 0 heterocycles. The fourth-order valence-corrected chi connectivity index (χ4v) is 3.44. The van der Waals surface area contributed by atoms with E-state index >= 15 is 0 Å². The smallest absolute Gasteiger partial charge is 0.321 e. The van der Waals surface area contributed by atoms with Crippen LogP contribution in [0.3, 0.4) is 0 Å². The van der Waals surface area contributed by atoms with Crippen LogP contribution in [0.15, 0.2) is 29.2 Å². The van der Waals surface area contributed by atoms with E-state index in [1.165, 1.54) is 38.1 Å². The molecular weight excluding hydrogens is 322 g/mol. The molecule has 1 unspecified atom stereocenters. The molecule has 0 aliphatic rings. The van der Waals surface area contributed by atoms with Gasteiger partial charge in [0.2, 0.25) is 15.9 Å². The van der Waals surface area contributed by atoms with Crippen molar-refractivity contribution in [2.24, 2.45) is 0 Å². The third kappa shape index (κ3) is 4.77. The lowest BCUT2D eigenvalue weighted by molar-refractivity contribution is -0.140. The molecule has 0 radical (unpaired) electrons. The minimum absolute atomic E-state index is 0.113. The maximum absolute atomic E-state index is 12.6. The lowest BCUT2D eigenvalue weighted by Gasteiger charge is -2.24. The van der Waals surface area contributed by atoms with E-state index in [4.69, 9.17) is 10.4 Å². The summed E-state index contributed by atoms with van der Waals surface area (Å²) >= 11 is 0. The second-order valence-electron chi connectivity index (χ2n) is 4.74. The molecule has 0 aliphatic heterocycles. The average Bonchev–Trinajstić information content (AvgIpc) is 2.47. The molecule has 1 amide bonds. The zero-order valence-corrected chi connectivity index (χ0v) is 13.5. The summed E-state index contributed by atoms with van der Waals surface area (Å²) in [5.74, 6) is -1.60. The van der Waals surface area contributed by atoms with Crippen LogP contribution in [-0.2, 0) is 19.6 Å². The monoisotopic (exact) mass is 339 g/mol. The van der Waals surface area contributed by atoms with E-state index in [2.05, 4.69) is 5.32 Å². The number of amides is 1. The third-order valence-corrected chi connectivity index (χ3v) is 5.00. The lowest BCUT2D eigenvalue weighted by Crippen LogP contribution is -2.43. The highest BCUT2D eigenvalue weighted by Crippen LogP contribution is 2.21. The summed E-state index contributed by atoms with van der Waals surface area (Å²) in [6.45, 7) is 2.34. The van der Waals surface area contributed by atoms with Crippen molar-refractivity contribution in [3.05, 3.63) is 24.3 Å². The number of carbonyl (C=O) groups is 2. The Morgan fingerprint density at radius 3 is 2.35 bits per heavy atom. The van der Waals surface area contributed by atoms with Gasteiger partial charge in [-0.05, 0) is 31.2 Å². The molecule has 1 aromatic rings. The first kappa shape index (κ1) is 18.6. The summed E-state index contributed by atoms with van der Waals surface area (Å²) in [4.78, 5) is 22.0. The van der Waals surface area contributed by atoms with Gasteiger partial charge in [-0.3, -0.25) is 9.59 Å². The summed E-state index contributed by atoms with van der Waals surface area (Å²) < 4.78 is 25.9. The Morgan fingerprint density at radius 1 is 1.35 bits per heavy atom. The summed E-state index contributed by atoms with van der Waals surface area (Å²) in [5.41, 5.74) is 0.423. The first-order valence-electron chi connectivity index (χ1n) is 6.69. The SMILES string of the molecule is CC(=O)Nc1ccc(S(=O)(=O)N(CCC#N)C(C)C(=O)O)cc1. The first-order valence-corrected chi connectivity index (χ1v) is 8.13. The van der Waals surface area contributed by atoms with Crippen LogP contribution in [-0.4, -0.2) is 42.3 Å². The largest absolute Gasteiger partial charge is 0.480 e. The standard InChI is InChI=1S/C14H17N3O5S/c1-10(14(19)20)17(9-3-8-15)23(21,22)13-6-4-12(5-7-13)16-11(2)18/h4-7,10H,3,9H2,1-2H3,(H,16,18)(H,19,20). The number of nitrogens with zero attached hydrogens (tertiary/aromatic N) is 2. The Bertz CT molecular complexity index is 722. The summed E-state index contributed by atoms with van der Waals surface area (Å²) in [6, 6.07) is 5.85. The second-order valence-corrected chi connectivity index (χ2v) is 6.63. The van der Waals surface area contributed by atoms with Crippen LogP contribution < -0.4 is 5.32 Å². The molecule has 1 aromatic carbocycles. The molecule has 0 spiro atoms. The van der Waals surface area contributed by atoms with E-state index in [0.717, 1.165) is 4.31 Å². The van der Waals surface area contributed by atoms with Crippen molar-refractivity contribution >= 4 is 27.6 Å². The maximum atomic E-state index is 12.6. The number of nitrogens with one attached hydrogen (secondary N) is 1. The normalized spacial score (nSPS) is 12.4. The molecule has 0 bridgehead atoms. The predicted molar refractivity (Wildman–Crippen MR) is 82.0 cm³/mol. The van der Waals surface area contributed by atoms with Gasteiger partial charge in [-0.1, -0.05) is 0 Å². The number of hydrogen-bond donors (Lipinski definition) is 2. The van der Waals surface area contributed by atoms with Crippen molar-refractivity contribution in [1.82, 2.24) is 4.31 Å². The summed E-state index contributed by atoms with van der Waals surface area (Å²) in [6.07, 6.45) is -0.124. The highest BCUT2D eigenvalue weighted by molar-refractivity contribution is 7.89. The fourth-order valence-electron chi connectivity index (χ4n) is 1.85. The average molecular weight is 339 g/mol. The Labute approximate surface area is 134 Å². The highest BCUT2D eigenvalue weighted by Gasteiger charge is 2.32. The van der Waals surface area contributed by atoms with Gasteiger partial charge in [-0.25, -0.2) is 8.42 Å². The number of carboxylic acids is 1. The minimum Gasteiger partial charge on any atom is -0.480 e. The van der Waals surface area contributed by atoms with Crippen LogP contribution in [0.2, 0.25) is 0 Å². The minimum atomic E-state index is -4.07. The molecule has 0 fully saturated rings. The molecule has 1 rings (SSSR count). The van der Waals surface area contributed by atoms with E-state index in [-0.39, 0.29) is 23.8 Å². The quantitative estimate of drug-likeness (QED) is 0.763. The first-order chi connectivity index (χ1) is 10.7. The number of aliphatic carboxylic acids is 1. The van der Waals surface area contributed by atoms with Crippen LogP contribution in [0.4, 0.5) is 5.69 Å². The van der Waals surface area contributed by atoms with E-state index in [1.54, 1.807) is 6.07 Å². The topological polar surface area (TPSA) is 128 Å². The Hall–Kier alpha value is -2.44. The fraction of sp³-hybridized carbons (Fsp3) is 0.357. The number of rotatable bonds is 7. The molecule has 23 heavy (non-hydrogen) atoms. The number of nitriles is 1. The van der Waals surface area contributed by atoms with Crippen LogP contribution in [0, 0.1) is 11.3 Å². The van der Waals surface area contributed by atoms with Crippen LogP contribution >= 0.6 is 0 Å². The molecule has 0 saturated carbocycles. The van der Waals surface area contributed by atoms with E-state index < -0.39 is 22.0 Å². The lowest BCUT2D eigenvalue weighted by atomic mass is 10.3. The van der Waals surface area contributed by atoms with Crippen LogP contribution in [0.25, 0.3) is 0 Å². The van der Waals surface area contributed by atoms with Gasteiger partial charge >= 0.3 is 5.97 Å². The van der Waals surface area contributed by atoms with E-state index in [0.29, 0.717) is 5.69 Å². The number of hydrogen-bond acceptors (Lipinski definition) is 5. The van der Waals surface area contributed by atoms with Gasteiger partial charge in [0.15, 0.2) is 0 Å². The Balaban J connectivity index is 3.16. The third-order valence-electron chi connectivity index (χ3n) is 3.01. The van der Waals surface area contributed by atoms with E-state index in [1.807, 2.05) is 0 Å². The zero-order valence-electron chi connectivity index (χ0n) is 12.7. The molecule has 2 N–H and O–H groups in total. The summed E-state index contributed by atoms with van der Waals surface area (Å²) in [7, 11) is -4.07. The Kier molecular flexibility index (Phi) is 6.24.